The van der Waals surface area contributed by atoms with Crippen LogP contribution < -0.4 is 0 Å². The molecule has 0 spiro atoms. The second-order valence-electron chi connectivity index (χ2n) is 5.08. The van der Waals surface area contributed by atoms with Crippen LogP contribution in [0.15, 0.2) is 12.1 Å². The summed E-state index contributed by atoms with van der Waals surface area (Å²) in [6.45, 7) is 7.15. The first-order valence-electron chi connectivity index (χ1n) is 5.97. The molecular formula is C14H20N2O. The highest BCUT2D eigenvalue weighted by molar-refractivity contribution is 5.77. The number of urea groups is 1. The minimum Gasteiger partial charge on any atom is -0.325 e. The summed E-state index contributed by atoms with van der Waals surface area (Å²) in [6, 6.07) is 4.72. The van der Waals surface area contributed by atoms with Gasteiger partial charge in [-0.05, 0) is 43.0 Å². The molecule has 1 aliphatic heterocycles. The molecule has 1 heterocycles. The second kappa shape index (κ2) is 4.06. The van der Waals surface area contributed by atoms with Crippen LogP contribution in [0.1, 0.15) is 28.3 Å². The topological polar surface area (TPSA) is 23.6 Å². The van der Waals surface area contributed by atoms with Crippen LogP contribution in [0.5, 0.6) is 0 Å². The van der Waals surface area contributed by atoms with E-state index in [2.05, 4.69) is 32.9 Å². The smallest absolute Gasteiger partial charge is 0.320 e. The van der Waals surface area contributed by atoms with Crippen LogP contribution in [0.3, 0.4) is 0 Å². The molecule has 2 amide bonds. The van der Waals surface area contributed by atoms with Crippen molar-refractivity contribution in [3.63, 3.8) is 0 Å². The normalized spacial score (nSPS) is 20.3. The quantitative estimate of drug-likeness (QED) is 0.730. The predicted molar refractivity (Wildman–Crippen MR) is 69.2 cm³/mol. The molecule has 1 aromatic carbocycles. The highest BCUT2D eigenvalue weighted by atomic mass is 16.2. The Balaban J connectivity index is 2.42. The number of carbonyl (C=O) groups excluding carboxylic acids is 1. The van der Waals surface area contributed by atoms with Crippen LogP contribution in [-0.4, -0.2) is 36.5 Å². The van der Waals surface area contributed by atoms with Gasteiger partial charge in [-0.1, -0.05) is 12.1 Å². The molecule has 0 bridgehead atoms. The van der Waals surface area contributed by atoms with Gasteiger partial charge in [-0.2, -0.15) is 0 Å². The standard InChI is InChI=1S/C14H20N2O/c1-9-6-11(3)12(7-10(9)2)13-8-15(4)14(17)16(13)5/h6-7,13H,8H2,1-5H3. The van der Waals surface area contributed by atoms with Crippen molar-refractivity contribution >= 4 is 6.03 Å². The van der Waals surface area contributed by atoms with E-state index in [1.807, 2.05) is 19.0 Å². The van der Waals surface area contributed by atoms with Crippen LogP contribution >= 0.6 is 0 Å². The van der Waals surface area contributed by atoms with Gasteiger partial charge in [0.1, 0.15) is 0 Å². The maximum Gasteiger partial charge on any atom is 0.320 e. The van der Waals surface area contributed by atoms with E-state index in [0.29, 0.717) is 0 Å². The molecule has 1 aromatic rings. The van der Waals surface area contributed by atoms with Crippen LogP contribution in [0, 0.1) is 20.8 Å². The SMILES string of the molecule is Cc1cc(C)c(C2CN(C)C(=O)N2C)cc1C. The Morgan fingerprint density at radius 3 is 2.18 bits per heavy atom. The first kappa shape index (κ1) is 12.0. The average molecular weight is 232 g/mol. The fourth-order valence-electron chi connectivity index (χ4n) is 2.51. The van der Waals surface area contributed by atoms with Gasteiger partial charge in [0.05, 0.1) is 6.04 Å². The highest BCUT2D eigenvalue weighted by Crippen LogP contribution is 2.30. The van der Waals surface area contributed by atoms with E-state index >= 15 is 0 Å². The zero-order chi connectivity index (χ0) is 12.7. The van der Waals surface area contributed by atoms with E-state index in [9.17, 15) is 4.79 Å². The number of likely N-dealkylation sites (N-methyl/N-ethyl adjacent to an activating group) is 2. The molecule has 0 N–H and O–H groups in total. The molecule has 1 unspecified atom stereocenters. The van der Waals surface area contributed by atoms with Crippen LogP contribution in [0.4, 0.5) is 4.79 Å². The molecule has 1 atom stereocenters. The Bertz CT molecular complexity index is 468. The van der Waals surface area contributed by atoms with Crippen molar-refractivity contribution in [3.05, 3.63) is 34.4 Å². The van der Waals surface area contributed by atoms with Crippen molar-refractivity contribution < 1.29 is 4.79 Å². The highest BCUT2D eigenvalue weighted by Gasteiger charge is 2.33. The molecule has 3 nitrogen and oxygen atoms in total. The third kappa shape index (κ3) is 1.90. The fraction of sp³-hybridized carbons (Fsp3) is 0.500. The maximum absolute atomic E-state index is 11.8. The van der Waals surface area contributed by atoms with Gasteiger partial charge in [0.15, 0.2) is 0 Å². The van der Waals surface area contributed by atoms with Gasteiger partial charge in [-0.3, -0.25) is 0 Å². The van der Waals surface area contributed by atoms with Gasteiger partial charge in [-0.25, -0.2) is 4.79 Å². The largest absolute Gasteiger partial charge is 0.325 e. The van der Waals surface area contributed by atoms with Gasteiger partial charge in [0, 0.05) is 20.6 Å². The fourth-order valence-corrected chi connectivity index (χ4v) is 2.51. The number of amides is 2. The van der Waals surface area contributed by atoms with Crippen LogP contribution in [0.25, 0.3) is 0 Å². The third-order valence-corrected chi connectivity index (χ3v) is 3.78. The van der Waals surface area contributed by atoms with Crippen molar-refractivity contribution in [1.29, 1.82) is 0 Å². The number of hydrogen-bond acceptors (Lipinski definition) is 1. The number of nitrogens with zero attached hydrogens (tertiary/aromatic N) is 2. The maximum atomic E-state index is 11.8. The zero-order valence-corrected chi connectivity index (χ0v) is 11.2. The van der Waals surface area contributed by atoms with Crippen molar-refractivity contribution in [2.45, 2.75) is 26.8 Å². The summed E-state index contributed by atoms with van der Waals surface area (Å²) in [4.78, 5) is 15.4. The van der Waals surface area contributed by atoms with Crippen LogP contribution in [-0.2, 0) is 0 Å². The molecule has 17 heavy (non-hydrogen) atoms. The first-order chi connectivity index (χ1) is 7.91. The summed E-state index contributed by atoms with van der Waals surface area (Å²) >= 11 is 0. The molecule has 0 radical (unpaired) electrons. The molecule has 1 aliphatic rings. The Morgan fingerprint density at radius 2 is 1.65 bits per heavy atom. The van der Waals surface area contributed by atoms with E-state index in [4.69, 9.17) is 0 Å². The number of benzene rings is 1. The second-order valence-corrected chi connectivity index (χ2v) is 5.08. The third-order valence-electron chi connectivity index (χ3n) is 3.78. The van der Waals surface area contributed by atoms with Gasteiger partial charge in [-0.15, -0.1) is 0 Å². The number of carbonyl (C=O) groups is 1. The molecular weight excluding hydrogens is 212 g/mol. The van der Waals surface area contributed by atoms with Crippen molar-refractivity contribution in [2.24, 2.45) is 0 Å². The Morgan fingerprint density at radius 1 is 1.06 bits per heavy atom. The lowest BCUT2D eigenvalue weighted by Gasteiger charge is -2.21. The average Bonchev–Trinajstić information content (AvgIpc) is 2.51. The predicted octanol–water partition coefficient (Wildman–Crippen LogP) is 2.65. The molecule has 92 valence electrons. The lowest BCUT2D eigenvalue weighted by Crippen LogP contribution is -2.26. The van der Waals surface area contributed by atoms with Crippen molar-refractivity contribution in [1.82, 2.24) is 9.80 Å². The molecule has 1 saturated heterocycles. The van der Waals surface area contributed by atoms with Crippen molar-refractivity contribution in [3.8, 4) is 0 Å². The summed E-state index contributed by atoms with van der Waals surface area (Å²) in [5.41, 5.74) is 5.15. The summed E-state index contributed by atoms with van der Waals surface area (Å²) in [6.07, 6.45) is 0. The van der Waals surface area contributed by atoms with Gasteiger partial charge >= 0.3 is 6.03 Å². The number of rotatable bonds is 1. The molecule has 0 saturated carbocycles. The van der Waals surface area contributed by atoms with Gasteiger partial charge in [0.2, 0.25) is 0 Å². The number of aryl methyl sites for hydroxylation is 3. The lowest BCUT2D eigenvalue weighted by molar-refractivity contribution is 0.201. The number of hydrogen-bond donors (Lipinski definition) is 0. The minimum absolute atomic E-state index is 0.104. The van der Waals surface area contributed by atoms with E-state index in [1.54, 1.807) is 4.90 Å². The van der Waals surface area contributed by atoms with E-state index in [1.165, 1.54) is 22.3 Å². The summed E-state index contributed by atoms with van der Waals surface area (Å²) in [7, 11) is 3.74. The van der Waals surface area contributed by atoms with E-state index in [0.717, 1.165) is 6.54 Å². The first-order valence-corrected chi connectivity index (χ1v) is 5.97. The Hall–Kier alpha value is -1.51. The molecule has 0 aliphatic carbocycles. The summed E-state index contributed by atoms with van der Waals surface area (Å²) in [5, 5.41) is 0. The molecule has 0 aromatic heterocycles. The Labute approximate surface area is 103 Å². The Kier molecular flexibility index (Phi) is 2.86. The molecule has 2 rings (SSSR count). The molecule has 1 fully saturated rings. The van der Waals surface area contributed by atoms with Crippen molar-refractivity contribution in [2.75, 3.05) is 20.6 Å². The van der Waals surface area contributed by atoms with E-state index in [-0.39, 0.29) is 12.1 Å². The zero-order valence-electron chi connectivity index (χ0n) is 11.2. The lowest BCUT2D eigenvalue weighted by atomic mass is 9.95. The van der Waals surface area contributed by atoms with E-state index < -0.39 is 0 Å². The summed E-state index contributed by atoms with van der Waals surface area (Å²) < 4.78 is 0. The monoisotopic (exact) mass is 232 g/mol. The minimum atomic E-state index is 0.104. The van der Waals surface area contributed by atoms with Gasteiger partial charge in [0.25, 0.3) is 0 Å². The van der Waals surface area contributed by atoms with Gasteiger partial charge < -0.3 is 9.80 Å². The summed E-state index contributed by atoms with van der Waals surface area (Å²) in [5.74, 6) is 0. The van der Waals surface area contributed by atoms with Crippen LogP contribution in [0.2, 0.25) is 0 Å². The molecule has 3 heteroatoms.